The maximum absolute atomic E-state index is 12.5. The van der Waals surface area contributed by atoms with E-state index in [1.165, 1.54) is 0 Å². The summed E-state index contributed by atoms with van der Waals surface area (Å²) in [6, 6.07) is 10.5. The molecule has 1 fully saturated rings. The Bertz CT molecular complexity index is 793. The summed E-state index contributed by atoms with van der Waals surface area (Å²) in [4.78, 5) is 12.5. The van der Waals surface area contributed by atoms with Crippen LogP contribution < -0.4 is 5.32 Å². The fourth-order valence-electron chi connectivity index (χ4n) is 3.28. The maximum atomic E-state index is 12.5. The molecule has 2 aromatic rings. The van der Waals surface area contributed by atoms with Crippen molar-refractivity contribution in [2.45, 2.75) is 31.7 Å². The molecular formula is C19H17Cl4NO. The molecule has 2 unspecified atom stereocenters. The molecule has 0 aliphatic heterocycles. The zero-order valence-corrected chi connectivity index (χ0v) is 16.4. The molecule has 0 amide bonds. The van der Waals surface area contributed by atoms with E-state index in [1.807, 2.05) is 12.1 Å². The summed E-state index contributed by atoms with van der Waals surface area (Å²) >= 11 is 24.6. The van der Waals surface area contributed by atoms with Gasteiger partial charge in [-0.2, -0.15) is 0 Å². The summed E-state index contributed by atoms with van der Waals surface area (Å²) in [5.74, 6) is 0.122. The minimum absolute atomic E-state index is 0.137. The first-order chi connectivity index (χ1) is 12.0. The molecule has 3 rings (SSSR count). The molecule has 0 radical (unpaired) electrons. The van der Waals surface area contributed by atoms with E-state index in [9.17, 15) is 4.79 Å². The third-order valence-electron chi connectivity index (χ3n) is 4.54. The molecule has 2 aromatic carbocycles. The van der Waals surface area contributed by atoms with Gasteiger partial charge >= 0.3 is 0 Å². The third-order valence-corrected chi connectivity index (χ3v) is 5.85. The van der Waals surface area contributed by atoms with E-state index in [1.54, 1.807) is 24.3 Å². The van der Waals surface area contributed by atoms with Gasteiger partial charge in [-0.1, -0.05) is 58.9 Å². The second kappa shape index (κ2) is 8.18. The van der Waals surface area contributed by atoms with E-state index in [4.69, 9.17) is 46.4 Å². The zero-order chi connectivity index (χ0) is 18.0. The van der Waals surface area contributed by atoms with Crippen LogP contribution in [0, 0.1) is 5.92 Å². The molecule has 0 spiro atoms. The molecule has 1 saturated carbocycles. The quantitative estimate of drug-likeness (QED) is 0.570. The lowest BCUT2D eigenvalue weighted by Gasteiger charge is -2.31. The standard InChI is InChI=1S/C19H17Cl4NO/c20-11-5-7-13(16(22)9-11)19(14-3-1-2-4-18(14)25)24-12-6-8-15(21)17(23)10-12/h5-10,14,19,24H,1-4H2. The first-order valence-corrected chi connectivity index (χ1v) is 9.66. The number of carbonyl (C=O) groups excluding carboxylic acids is 1. The minimum Gasteiger partial charge on any atom is -0.377 e. The van der Waals surface area contributed by atoms with Gasteiger partial charge in [-0.3, -0.25) is 4.79 Å². The van der Waals surface area contributed by atoms with E-state index in [-0.39, 0.29) is 17.7 Å². The highest BCUT2D eigenvalue weighted by molar-refractivity contribution is 6.42. The SMILES string of the molecule is O=C1CCCCC1C(Nc1ccc(Cl)c(Cl)c1)c1ccc(Cl)cc1Cl. The van der Waals surface area contributed by atoms with Crippen LogP contribution in [0.25, 0.3) is 0 Å². The van der Waals surface area contributed by atoms with Crippen molar-refractivity contribution in [3.63, 3.8) is 0 Å². The number of ketones is 1. The molecule has 0 aromatic heterocycles. The molecule has 0 saturated heterocycles. The normalized spacial score (nSPS) is 18.9. The second-order valence-electron chi connectivity index (χ2n) is 6.24. The summed E-state index contributed by atoms with van der Waals surface area (Å²) in [6.07, 6.45) is 3.41. The van der Waals surface area contributed by atoms with E-state index in [0.717, 1.165) is 30.5 Å². The minimum atomic E-state index is -0.241. The number of carbonyl (C=O) groups is 1. The Morgan fingerprint density at radius 3 is 2.40 bits per heavy atom. The molecule has 25 heavy (non-hydrogen) atoms. The lowest BCUT2D eigenvalue weighted by Crippen LogP contribution is -2.30. The van der Waals surface area contributed by atoms with Crippen molar-refractivity contribution in [3.8, 4) is 0 Å². The van der Waals surface area contributed by atoms with Gasteiger partial charge in [0.25, 0.3) is 0 Å². The van der Waals surface area contributed by atoms with Crippen LogP contribution in [0.15, 0.2) is 36.4 Å². The second-order valence-corrected chi connectivity index (χ2v) is 7.89. The molecule has 6 heteroatoms. The van der Waals surface area contributed by atoms with Crippen molar-refractivity contribution >= 4 is 57.9 Å². The first kappa shape index (κ1) is 18.8. The molecule has 1 N–H and O–H groups in total. The third kappa shape index (κ3) is 4.43. The number of hydrogen-bond acceptors (Lipinski definition) is 2. The summed E-state index contributed by atoms with van der Waals surface area (Å²) in [6.45, 7) is 0. The highest BCUT2D eigenvalue weighted by atomic mass is 35.5. The monoisotopic (exact) mass is 415 g/mol. The van der Waals surface area contributed by atoms with Gasteiger partial charge < -0.3 is 5.32 Å². The van der Waals surface area contributed by atoms with Gasteiger partial charge in [0.15, 0.2) is 0 Å². The van der Waals surface area contributed by atoms with E-state index in [2.05, 4.69) is 5.32 Å². The van der Waals surface area contributed by atoms with Gasteiger partial charge in [-0.05, 0) is 48.7 Å². The van der Waals surface area contributed by atoms with Crippen LogP contribution in [0.4, 0.5) is 5.69 Å². The average Bonchev–Trinajstić information content (AvgIpc) is 2.57. The molecule has 2 nitrogen and oxygen atoms in total. The Balaban J connectivity index is 1.98. The summed E-state index contributed by atoms with van der Waals surface area (Å²) in [7, 11) is 0. The molecule has 0 heterocycles. The number of Topliss-reactive ketones (excluding diaryl/α,β-unsaturated/α-hetero) is 1. The smallest absolute Gasteiger partial charge is 0.138 e. The van der Waals surface area contributed by atoms with Gasteiger partial charge in [-0.25, -0.2) is 0 Å². The van der Waals surface area contributed by atoms with Gasteiger partial charge in [-0.15, -0.1) is 0 Å². The number of nitrogens with one attached hydrogen (secondary N) is 1. The predicted octanol–water partition coefficient (Wildman–Crippen LogP) is 7.21. The van der Waals surface area contributed by atoms with Crippen LogP contribution in [0.3, 0.4) is 0 Å². The number of anilines is 1. The van der Waals surface area contributed by atoms with Crippen molar-refractivity contribution in [2.75, 3.05) is 5.32 Å². The largest absolute Gasteiger partial charge is 0.377 e. The molecule has 0 bridgehead atoms. The van der Waals surface area contributed by atoms with Crippen LogP contribution in [0.5, 0.6) is 0 Å². The zero-order valence-electron chi connectivity index (χ0n) is 13.4. The van der Waals surface area contributed by atoms with Crippen LogP contribution in [0.1, 0.15) is 37.3 Å². The first-order valence-electron chi connectivity index (χ1n) is 8.15. The fraction of sp³-hybridized carbons (Fsp3) is 0.316. The predicted molar refractivity (Wildman–Crippen MR) is 106 cm³/mol. The Labute approximate surface area is 167 Å². The lowest BCUT2D eigenvalue weighted by atomic mass is 9.80. The fourth-order valence-corrected chi connectivity index (χ4v) is 4.10. The highest BCUT2D eigenvalue weighted by Crippen LogP contribution is 2.39. The van der Waals surface area contributed by atoms with E-state index < -0.39 is 0 Å². The maximum Gasteiger partial charge on any atom is 0.138 e. The Morgan fingerprint density at radius 2 is 1.72 bits per heavy atom. The molecule has 2 atom stereocenters. The molecular weight excluding hydrogens is 400 g/mol. The number of benzene rings is 2. The van der Waals surface area contributed by atoms with Crippen LogP contribution in [-0.4, -0.2) is 5.78 Å². The van der Waals surface area contributed by atoms with E-state index >= 15 is 0 Å². The Morgan fingerprint density at radius 1 is 0.920 bits per heavy atom. The number of hydrogen-bond donors (Lipinski definition) is 1. The molecule has 1 aliphatic rings. The van der Waals surface area contributed by atoms with Crippen molar-refractivity contribution in [2.24, 2.45) is 5.92 Å². The molecule has 132 valence electrons. The van der Waals surface area contributed by atoms with E-state index in [0.29, 0.717) is 26.5 Å². The van der Waals surface area contributed by atoms with Crippen molar-refractivity contribution < 1.29 is 4.79 Å². The van der Waals surface area contributed by atoms with Crippen LogP contribution in [0.2, 0.25) is 20.1 Å². The van der Waals surface area contributed by atoms with Crippen molar-refractivity contribution in [1.82, 2.24) is 0 Å². The Kier molecular flexibility index (Phi) is 6.17. The average molecular weight is 417 g/mol. The number of rotatable bonds is 4. The van der Waals surface area contributed by atoms with Gasteiger partial charge in [0.2, 0.25) is 0 Å². The summed E-state index contributed by atoms with van der Waals surface area (Å²) < 4.78 is 0. The lowest BCUT2D eigenvalue weighted by molar-refractivity contribution is -0.125. The highest BCUT2D eigenvalue weighted by Gasteiger charge is 2.32. The van der Waals surface area contributed by atoms with Gasteiger partial charge in [0.1, 0.15) is 5.78 Å². The number of halogens is 4. The van der Waals surface area contributed by atoms with Crippen LogP contribution >= 0.6 is 46.4 Å². The van der Waals surface area contributed by atoms with Crippen LogP contribution in [-0.2, 0) is 4.79 Å². The Hall–Kier alpha value is -0.930. The molecule has 1 aliphatic carbocycles. The van der Waals surface area contributed by atoms with Crippen molar-refractivity contribution in [1.29, 1.82) is 0 Å². The summed E-state index contributed by atoms with van der Waals surface area (Å²) in [5, 5.41) is 5.49. The summed E-state index contributed by atoms with van der Waals surface area (Å²) in [5.41, 5.74) is 1.65. The van der Waals surface area contributed by atoms with Gasteiger partial charge in [0.05, 0.1) is 16.1 Å². The topological polar surface area (TPSA) is 29.1 Å². The van der Waals surface area contributed by atoms with Gasteiger partial charge in [0, 0.05) is 28.1 Å². The van der Waals surface area contributed by atoms with Crippen molar-refractivity contribution in [3.05, 3.63) is 62.1 Å².